The zero-order chi connectivity index (χ0) is 18.5. The molecule has 4 rings (SSSR count). The van der Waals surface area contributed by atoms with E-state index in [1.54, 1.807) is 0 Å². The average Bonchev–Trinajstić information content (AvgIpc) is 3.38. The minimum Gasteiger partial charge on any atom is -0.368 e. The summed E-state index contributed by atoms with van der Waals surface area (Å²) in [5.41, 5.74) is 4.14. The molecule has 0 radical (unpaired) electrons. The monoisotopic (exact) mass is 361 g/mol. The van der Waals surface area contributed by atoms with Crippen LogP contribution in [0.2, 0.25) is 0 Å². The second kappa shape index (κ2) is 8.18. The number of carbonyl (C=O) groups is 1. The number of benzene rings is 2. The van der Waals surface area contributed by atoms with Gasteiger partial charge in [0, 0.05) is 30.5 Å². The lowest BCUT2D eigenvalue weighted by atomic mass is 10.1. The van der Waals surface area contributed by atoms with Gasteiger partial charge in [0.05, 0.1) is 12.2 Å². The largest absolute Gasteiger partial charge is 0.368 e. The van der Waals surface area contributed by atoms with Gasteiger partial charge in [-0.2, -0.15) is 5.10 Å². The number of hydrogen-bond donors (Lipinski definition) is 1. The molecule has 2 heterocycles. The summed E-state index contributed by atoms with van der Waals surface area (Å²) < 4.78 is 7.41. The van der Waals surface area contributed by atoms with Crippen LogP contribution < -0.4 is 5.32 Å². The predicted octanol–water partition coefficient (Wildman–Crippen LogP) is 3.39. The molecule has 1 aromatic heterocycles. The summed E-state index contributed by atoms with van der Waals surface area (Å²) in [5, 5.41) is 7.80. The maximum atomic E-state index is 12.3. The van der Waals surface area contributed by atoms with Crippen molar-refractivity contribution in [2.75, 3.05) is 6.61 Å². The van der Waals surface area contributed by atoms with E-state index < -0.39 is 0 Å². The molecule has 1 aliphatic heterocycles. The first-order chi connectivity index (χ1) is 13.3. The highest BCUT2D eigenvalue weighted by Crippen LogP contribution is 2.22. The van der Waals surface area contributed by atoms with Crippen LogP contribution in [0.1, 0.15) is 24.0 Å². The molecule has 138 valence electrons. The molecule has 1 amide bonds. The van der Waals surface area contributed by atoms with Gasteiger partial charge in [-0.25, -0.2) is 0 Å². The lowest BCUT2D eigenvalue weighted by Crippen LogP contribution is -2.33. The Morgan fingerprint density at radius 1 is 1.11 bits per heavy atom. The summed E-state index contributed by atoms with van der Waals surface area (Å²) >= 11 is 0. The highest BCUT2D eigenvalue weighted by molar-refractivity contribution is 5.81. The third-order valence-corrected chi connectivity index (χ3v) is 4.75. The topological polar surface area (TPSA) is 56.2 Å². The van der Waals surface area contributed by atoms with Crippen LogP contribution in [0.4, 0.5) is 0 Å². The van der Waals surface area contributed by atoms with Crippen molar-refractivity contribution in [3.63, 3.8) is 0 Å². The fraction of sp³-hybridized carbons (Fsp3) is 0.273. The summed E-state index contributed by atoms with van der Waals surface area (Å²) in [4.78, 5) is 12.3. The summed E-state index contributed by atoms with van der Waals surface area (Å²) in [6.07, 6.45) is 3.45. The van der Waals surface area contributed by atoms with Crippen LogP contribution in [-0.4, -0.2) is 28.4 Å². The highest BCUT2D eigenvalue weighted by atomic mass is 16.5. The van der Waals surface area contributed by atoms with Crippen molar-refractivity contribution in [1.29, 1.82) is 0 Å². The van der Waals surface area contributed by atoms with Gasteiger partial charge >= 0.3 is 0 Å². The van der Waals surface area contributed by atoms with Crippen molar-refractivity contribution in [3.05, 3.63) is 78.0 Å². The van der Waals surface area contributed by atoms with Crippen molar-refractivity contribution in [1.82, 2.24) is 15.1 Å². The summed E-state index contributed by atoms with van der Waals surface area (Å²) in [6.45, 7) is 1.81. The maximum absolute atomic E-state index is 12.3. The Hall–Kier alpha value is -2.92. The molecule has 5 nitrogen and oxygen atoms in total. The maximum Gasteiger partial charge on any atom is 0.249 e. The summed E-state index contributed by atoms with van der Waals surface area (Å²) in [6, 6.07) is 20.3. The van der Waals surface area contributed by atoms with Crippen LogP contribution in [0.15, 0.2) is 66.9 Å². The molecule has 0 saturated carbocycles. The van der Waals surface area contributed by atoms with Gasteiger partial charge in [0.1, 0.15) is 6.10 Å². The number of nitrogens with zero attached hydrogens (tertiary/aromatic N) is 2. The van der Waals surface area contributed by atoms with Crippen LogP contribution in [0.25, 0.3) is 11.3 Å². The highest BCUT2D eigenvalue weighted by Gasteiger charge is 2.23. The molecule has 0 bridgehead atoms. The van der Waals surface area contributed by atoms with E-state index in [4.69, 9.17) is 9.84 Å². The lowest BCUT2D eigenvalue weighted by Gasteiger charge is -2.10. The molecular weight excluding hydrogens is 338 g/mol. The van der Waals surface area contributed by atoms with E-state index in [0.29, 0.717) is 19.7 Å². The van der Waals surface area contributed by atoms with Gasteiger partial charge in [0.2, 0.25) is 5.91 Å². The van der Waals surface area contributed by atoms with Crippen LogP contribution in [0.5, 0.6) is 0 Å². The van der Waals surface area contributed by atoms with Gasteiger partial charge in [-0.3, -0.25) is 9.48 Å². The van der Waals surface area contributed by atoms with Gasteiger partial charge in [-0.05, 0) is 18.4 Å². The molecule has 2 aromatic carbocycles. The minimum atomic E-state index is -0.315. The third kappa shape index (κ3) is 4.26. The van der Waals surface area contributed by atoms with Crippen LogP contribution in [-0.2, 0) is 22.6 Å². The number of amides is 1. The first kappa shape index (κ1) is 17.5. The predicted molar refractivity (Wildman–Crippen MR) is 104 cm³/mol. The number of nitrogens with one attached hydrogen (secondary N) is 1. The first-order valence-electron chi connectivity index (χ1n) is 9.34. The Morgan fingerprint density at radius 2 is 1.85 bits per heavy atom. The molecule has 1 atom stereocenters. The summed E-state index contributed by atoms with van der Waals surface area (Å²) in [7, 11) is 0. The second-order valence-electron chi connectivity index (χ2n) is 6.77. The van der Waals surface area contributed by atoms with E-state index in [0.717, 1.165) is 29.7 Å². The van der Waals surface area contributed by atoms with Gasteiger partial charge in [-0.15, -0.1) is 0 Å². The van der Waals surface area contributed by atoms with Gasteiger partial charge in [0.15, 0.2) is 0 Å². The minimum absolute atomic E-state index is 0.0395. The van der Waals surface area contributed by atoms with Crippen LogP contribution in [0, 0.1) is 0 Å². The molecule has 3 aromatic rings. The SMILES string of the molecule is O=C(NCc1cn(Cc2ccccc2)nc1-c1ccccc1)[C@@H]1CCCO1. The molecule has 0 unspecified atom stereocenters. The molecule has 27 heavy (non-hydrogen) atoms. The Balaban J connectivity index is 1.55. The zero-order valence-corrected chi connectivity index (χ0v) is 15.2. The molecule has 1 N–H and O–H groups in total. The Kier molecular flexibility index (Phi) is 5.30. The smallest absolute Gasteiger partial charge is 0.249 e. The molecule has 1 saturated heterocycles. The number of hydrogen-bond acceptors (Lipinski definition) is 3. The summed E-state index contributed by atoms with van der Waals surface area (Å²) in [5.74, 6) is -0.0395. The number of carbonyl (C=O) groups excluding carboxylic acids is 1. The number of rotatable bonds is 6. The van der Waals surface area contributed by atoms with Crippen LogP contribution >= 0.6 is 0 Å². The number of ether oxygens (including phenoxy) is 1. The Morgan fingerprint density at radius 3 is 2.56 bits per heavy atom. The molecule has 1 aliphatic rings. The number of aromatic nitrogens is 2. The molecule has 0 aliphatic carbocycles. The average molecular weight is 361 g/mol. The van der Waals surface area contributed by atoms with E-state index in [1.165, 1.54) is 5.56 Å². The Bertz CT molecular complexity index is 884. The molecule has 5 heteroatoms. The van der Waals surface area contributed by atoms with Crippen molar-refractivity contribution >= 4 is 5.91 Å². The lowest BCUT2D eigenvalue weighted by molar-refractivity contribution is -0.130. The van der Waals surface area contributed by atoms with E-state index in [1.807, 2.05) is 59.4 Å². The van der Waals surface area contributed by atoms with E-state index >= 15 is 0 Å². The molecular formula is C22H23N3O2. The third-order valence-electron chi connectivity index (χ3n) is 4.75. The fourth-order valence-electron chi connectivity index (χ4n) is 3.36. The first-order valence-corrected chi connectivity index (χ1v) is 9.34. The van der Waals surface area contributed by atoms with Crippen molar-refractivity contribution in [3.8, 4) is 11.3 Å². The van der Waals surface area contributed by atoms with Crippen molar-refractivity contribution in [2.24, 2.45) is 0 Å². The van der Waals surface area contributed by atoms with Crippen molar-refractivity contribution in [2.45, 2.75) is 32.0 Å². The normalized spacial score (nSPS) is 16.4. The van der Waals surface area contributed by atoms with E-state index in [2.05, 4.69) is 17.4 Å². The fourth-order valence-corrected chi connectivity index (χ4v) is 3.36. The van der Waals surface area contributed by atoms with E-state index in [-0.39, 0.29) is 12.0 Å². The standard InChI is InChI=1S/C22H23N3O2/c26-22(20-12-7-13-27-20)23-14-19-16-25(15-17-8-3-1-4-9-17)24-21(19)18-10-5-2-6-11-18/h1-6,8-11,16,20H,7,12-15H2,(H,23,26)/t20-/m0/s1. The molecule has 1 fully saturated rings. The van der Waals surface area contributed by atoms with Gasteiger partial charge in [-0.1, -0.05) is 60.7 Å². The Labute approximate surface area is 159 Å². The zero-order valence-electron chi connectivity index (χ0n) is 15.2. The quantitative estimate of drug-likeness (QED) is 0.732. The van der Waals surface area contributed by atoms with Crippen LogP contribution in [0.3, 0.4) is 0 Å². The van der Waals surface area contributed by atoms with Crippen molar-refractivity contribution < 1.29 is 9.53 Å². The molecule has 0 spiro atoms. The van der Waals surface area contributed by atoms with E-state index in [9.17, 15) is 4.79 Å². The van der Waals surface area contributed by atoms with Gasteiger partial charge in [0.25, 0.3) is 0 Å². The van der Waals surface area contributed by atoms with Gasteiger partial charge < -0.3 is 10.1 Å². The second-order valence-corrected chi connectivity index (χ2v) is 6.77.